The first-order valence-corrected chi connectivity index (χ1v) is 6.96. The summed E-state index contributed by atoms with van der Waals surface area (Å²) in [5, 5.41) is 18.4. The third-order valence-corrected chi connectivity index (χ3v) is 3.57. The van der Waals surface area contributed by atoms with Crippen LogP contribution in [0.2, 0.25) is 5.02 Å². The molecule has 6 heteroatoms. The van der Waals surface area contributed by atoms with Crippen LogP contribution >= 0.6 is 11.6 Å². The number of azo groups is 1. The number of aromatic amines is 1. The standard InChI is InChI=1S/C16H12ClN3O2/c1-9-6-7-10(12(17)8-9)15(21)20-19-14-11-4-2-3-5-13(11)18-16(14)22/h2-8,18,22H,1H3. The number of aromatic hydroxyl groups is 1. The van der Waals surface area contributed by atoms with Crippen LogP contribution in [-0.2, 0) is 0 Å². The normalized spacial score (nSPS) is 11.4. The van der Waals surface area contributed by atoms with Crippen LogP contribution in [0.3, 0.4) is 0 Å². The summed E-state index contributed by atoms with van der Waals surface area (Å²) in [7, 11) is 0. The fraction of sp³-hybridized carbons (Fsp3) is 0.0625. The lowest BCUT2D eigenvalue weighted by atomic mass is 10.1. The molecular weight excluding hydrogens is 302 g/mol. The van der Waals surface area contributed by atoms with Gasteiger partial charge in [-0.2, -0.15) is 0 Å². The van der Waals surface area contributed by atoms with Crippen LogP contribution in [0.15, 0.2) is 52.7 Å². The summed E-state index contributed by atoms with van der Waals surface area (Å²) in [5.74, 6) is -0.692. The average molecular weight is 314 g/mol. The number of hydrogen-bond acceptors (Lipinski definition) is 3. The summed E-state index contributed by atoms with van der Waals surface area (Å²) in [6.07, 6.45) is 0. The van der Waals surface area contributed by atoms with Crippen LogP contribution < -0.4 is 0 Å². The van der Waals surface area contributed by atoms with Crippen molar-refractivity contribution in [2.24, 2.45) is 10.2 Å². The van der Waals surface area contributed by atoms with Gasteiger partial charge >= 0.3 is 0 Å². The monoisotopic (exact) mass is 313 g/mol. The number of nitrogens with one attached hydrogen (secondary N) is 1. The fourth-order valence-corrected chi connectivity index (χ4v) is 2.47. The molecule has 0 aliphatic rings. The van der Waals surface area contributed by atoms with Gasteiger partial charge in [-0.1, -0.05) is 35.9 Å². The van der Waals surface area contributed by atoms with Crippen molar-refractivity contribution < 1.29 is 9.90 Å². The maximum absolute atomic E-state index is 12.1. The summed E-state index contributed by atoms with van der Waals surface area (Å²) < 4.78 is 0. The Morgan fingerprint density at radius 3 is 2.77 bits per heavy atom. The van der Waals surface area contributed by atoms with E-state index >= 15 is 0 Å². The van der Waals surface area contributed by atoms with E-state index in [1.165, 1.54) is 0 Å². The number of nitrogens with zero attached hydrogens (tertiary/aromatic N) is 2. The summed E-state index contributed by atoms with van der Waals surface area (Å²) in [5.41, 5.74) is 2.17. The zero-order valence-corrected chi connectivity index (χ0v) is 12.4. The third kappa shape index (κ3) is 2.58. The Morgan fingerprint density at radius 2 is 2.00 bits per heavy atom. The van der Waals surface area contributed by atoms with Crippen molar-refractivity contribution in [1.29, 1.82) is 0 Å². The van der Waals surface area contributed by atoms with E-state index in [0.29, 0.717) is 10.4 Å². The van der Waals surface area contributed by atoms with Crippen molar-refractivity contribution in [3.63, 3.8) is 0 Å². The Kier molecular flexibility index (Phi) is 3.65. The minimum atomic E-state index is -0.560. The fourth-order valence-electron chi connectivity index (χ4n) is 2.16. The molecule has 0 aliphatic heterocycles. The molecule has 2 N–H and O–H groups in total. The molecule has 0 saturated carbocycles. The third-order valence-electron chi connectivity index (χ3n) is 3.26. The molecule has 0 spiro atoms. The molecule has 0 bridgehead atoms. The molecular formula is C16H12ClN3O2. The van der Waals surface area contributed by atoms with Gasteiger partial charge in [-0.05, 0) is 30.7 Å². The van der Waals surface area contributed by atoms with Gasteiger partial charge in [0.1, 0.15) is 0 Å². The number of benzene rings is 2. The molecule has 0 fully saturated rings. The number of carbonyl (C=O) groups is 1. The lowest BCUT2D eigenvalue weighted by molar-refractivity contribution is 0.0995. The van der Waals surface area contributed by atoms with Gasteiger partial charge in [0.2, 0.25) is 5.88 Å². The topological polar surface area (TPSA) is 77.8 Å². The van der Waals surface area contributed by atoms with E-state index < -0.39 is 5.91 Å². The van der Waals surface area contributed by atoms with Gasteiger partial charge < -0.3 is 10.1 Å². The van der Waals surface area contributed by atoms with Crippen molar-refractivity contribution in [3.8, 4) is 5.88 Å². The second-order valence-electron chi connectivity index (χ2n) is 4.86. The van der Waals surface area contributed by atoms with Gasteiger partial charge in [-0.15, -0.1) is 10.2 Å². The minimum absolute atomic E-state index is 0.132. The van der Waals surface area contributed by atoms with E-state index in [9.17, 15) is 9.90 Å². The summed E-state index contributed by atoms with van der Waals surface area (Å²) in [4.78, 5) is 14.9. The number of carbonyl (C=O) groups excluding carboxylic acids is 1. The molecule has 1 amide bonds. The van der Waals surface area contributed by atoms with E-state index in [-0.39, 0.29) is 17.1 Å². The Bertz CT molecular complexity index is 900. The quantitative estimate of drug-likeness (QED) is 0.669. The molecule has 2 aromatic carbocycles. The summed E-state index contributed by atoms with van der Waals surface area (Å²) >= 11 is 6.03. The minimum Gasteiger partial charge on any atom is -0.493 e. The largest absolute Gasteiger partial charge is 0.493 e. The van der Waals surface area contributed by atoms with Crippen LogP contribution in [0, 0.1) is 6.92 Å². The van der Waals surface area contributed by atoms with Gasteiger partial charge in [0.05, 0.1) is 16.1 Å². The van der Waals surface area contributed by atoms with Crippen LogP contribution in [-0.4, -0.2) is 16.0 Å². The van der Waals surface area contributed by atoms with Crippen molar-refractivity contribution in [2.75, 3.05) is 0 Å². The number of fused-ring (bicyclic) bond motifs is 1. The highest BCUT2D eigenvalue weighted by molar-refractivity contribution is 6.33. The maximum Gasteiger partial charge on any atom is 0.296 e. The first kappa shape index (κ1) is 14.3. The number of para-hydroxylation sites is 1. The Balaban J connectivity index is 1.96. The van der Waals surface area contributed by atoms with E-state index in [1.807, 2.05) is 19.1 Å². The van der Waals surface area contributed by atoms with E-state index in [0.717, 1.165) is 11.1 Å². The van der Waals surface area contributed by atoms with Gasteiger partial charge in [0, 0.05) is 5.39 Å². The SMILES string of the molecule is Cc1ccc(C(=O)N=Nc2c(O)[nH]c3ccccc23)c(Cl)c1. The van der Waals surface area contributed by atoms with Crippen molar-refractivity contribution in [2.45, 2.75) is 6.92 Å². The van der Waals surface area contributed by atoms with Gasteiger partial charge in [0.25, 0.3) is 5.91 Å². The van der Waals surface area contributed by atoms with Crippen molar-refractivity contribution in [3.05, 3.63) is 58.6 Å². The van der Waals surface area contributed by atoms with Crippen LogP contribution in [0.4, 0.5) is 5.69 Å². The number of halogens is 1. The molecule has 3 aromatic rings. The summed E-state index contributed by atoms with van der Waals surface area (Å²) in [6, 6.07) is 12.3. The van der Waals surface area contributed by atoms with Gasteiger partial charge in [0.15, 0.2) is 5.69 Å². The Labute approximate surface area is 131 Å². The van der Waals surface area contributed by atoms with Crippen LogP contribution in [0.25, 0.3) is 10.9 Å². The number of aryl methyl sites for hydroxylation is 1. The van der Waals surface area contributed by atoms with E-state index in [4.69, 9.17) is 11.6 Å². The number of aromatic nitrogens is 1. The Hall–Kier alpha value is -2.66. The number of rotatable bonds is 2. The van der Waals surface area contributed by atoms with Crippen molar-refractivity contribution in [1.82, 2.24) is 4.98 Å². The molecule has 5 nitrogen and oxygen atoms in total. The molecule has 3 rings (SSSR count). The van der Waals surface area contributed by atoms with Crippen LogP contribution in [0.5, 0.6) is 5.88 Å². The molecule has 0 radical (unpaired) electrons. The predicted octanol–water partition coefficient (Wildman–Crippen LogP) is 4.76. The highest BCUT2D eigenvalue weighted by Crippen LogP contribution is 2.35. The summed E-state index contributed by atoms with van der Waals surface area (Å²) in [6.45, 7) is 1.88. The van der Waals surface area contributed by atoms with E-state index in [2.05, 4.69) is 15.2 Å². The maximum atomic E-state index is 12.1. The second-order valence-corrected chi connectivity index (χ2v) is 5.26. The van der Waals surface area contributed by atoms with Crippen molar-refractivity contribution >= 4 is 34.1 Å². The smallest absolute Gasteiger partial charge is 0.296 e. The number of hydrogen-bond donors (Lipinski definition) is 2. The number of H-pyrrole nitrogens is 1. The molecule has 0 aliphatic carbocycles. The Morgan fingerprint density at radius 1 is 1.23 bits per heavy atom. The molecule has 0 unspecified atom stereocenters. The molecule has 22 heavy (non-hydrogen) atoms. The molecule has 0 saturated heterocycles. The molecule has 110 valence electrons. The predicted molar refractivity (Wildman–Crippen MR) is 85.0 cm³/mol. The first-order chi connectivity index (χ1) is 10.6. The highest BCUT2D eigenvalue weighted by Gasteiger charge is 2.12. The lowest BCUT2D eigenvalue weighted by Crippen LogP contribution is -1.95. The van der Waals surface area contributed by atoms with Gasteiger partial charge in [-0.25, -0.2) is 0 Å². The van der Waals surface area contributed by atoms with Crippen LogP contribution in [0.1, 0.15) is 15.9 Å². The molecule has 0 atom stereocenters. The lowest BCUT2D eigenvalue weighted by Gasteiger charge is -1.99. The second kappa shape index (κ2) is 5.61. The average Bonchev–Trinajstić information content (AvgIpc) is 2.80. The zero-order valence-electron chi connectivity index (χ0n) is 11.7. The highest BCUT2D eigenvalue weighted by atomic mass is 35.5. The first-order valence-electron chi connectivity index (χ1n) is 6.58. The van der Waals surface area contributed by atoms with Gasteiger partial charge in [-0.3, -0.25) is 4.79 Å². The van der Waals surface area contributed by atoms with E-state index in [1.54, 1.807) is 30.3 Å². The molecule has 1 aromatic heterocycles. The number of amides is 1. The molecule has 1 heterocycles. The zero-order chi connectivity index (χ0) is 15.7.